The average molecular weight is 148 g/mol. The standard InChI is InChI=1S/C5H10ClN3/c1-7-5(6)3-4-9-8-2/h3-4,8-9H,1-2H3/b4-3-,7-5+. The SMILES string of the molecule is C/N=C(Cl)\C=C/NNC. The molecule has 0 rings (SSSR count). The summed E-state index contributed by atoms with van der Waals surface area (Å²) in [5.74, 6) is 0. The highest BCUT2D eigenvalue weighted by atomic mass is 35.5. The third kappa shape index (κ3) is 5.33. The van der Waals surface area contributed by atoms with Crippen LogP contribution >= 0.6 is 11.6 Å². The Labute approximate surface area is 59.8 Å². The van der Waals surface area contributed by atoms with E-state index in [1.165, 1.54) is 0 Å². The first-order chi connectivity index (χ1) is 4.31. The number of allylic oxidation sites excluding steroid dienone is 1. The van der Waals surface area contributed by atoms with Crippen LogP contribution in [0.5, 0.6) is 0 Å². The van der Waals surface area contributed by atoms with Gasteiger partial charge in [-0.25, -0.2) is 5.43 Å². The van der Waals surface area contributed by atoms with E-state index in [1.807, 2.05) is 0 Å². The van der Waals surface area contributed by atoms with Gasteiger partial charge >= 0.3 is 0 Å². The van der Waals surface area contributed by atoms with Gasteiger partial charge in [-0.3, -0.25) is 4.99 Å². The molecule has 0 aliphatic carbocycles. The summed E-state index contributed by atoms with van der Waals surface area (Å²) in [5, 5.41) is 0.470. The number of halogens is 1. The molecule has 52 valence electrons. The Bertz CT molecular complexity index is 119. The summed E-state index contributed by atoms with van der Waals surface area (Å²) in [7, 11) is 3.40. The van der Waals surface area contributed by atoms with Crippen LogP contribution in [-0.4, -0.2) is 19.3 Å². The Morgan fingerprint density at radius 2 is 2.33 bits per heavy atom. The van der Waals surface area contributed by atoms with Crippen molar-refractivity contribution in [2.24, 2.45) is 4.99 Å². The summed E-state index contributed by atoms with van der Waals surface area (Å²) in [6.07, 6.45) is 3.31. The van der Waals surface area contributed by atoms with E-state index >= 15 is 0 Å². The molecule has 0 aliphatic heterocycles. The van der Waals surface area contributed by atoms with Crippen molar-refractivity contribution in [3.63, 3.8) is 0 Å². The molecule has 0 amide bonds. The Kier molecular flexibility index (Phi) is 5.26. The van der Waals surface area contributed by atoms with E-state index in [-0.39, 0.29) is 0 Å². The van der Waals surface area contributed by atoms with Gasteiger partial charge in [-0.2, -0.15) is 0 Å². The van der Waals surface area contributed by atoms with Crippen LogP contribution < -0.4 is 10.9 Å². The molecular weight excluding hydrogens is 138 g/mol. The van der Waals surface area contributed by atoms with Gasteiger partial charge in [0.2, 0.25) is 0 Å². The Morgan fingerprint density at radius 1 is 1.67 bits per heavy atom. The van der Waals surface area contributed by atoms with Crippen LogP contribution in [0.4, 0.5) is 0 Å². The zero-order valence-electron chi connectivity index (χ0n) is 5.48. The van der Waals surface area contributed by atoms with Gasteiger partial charge in [-0.15, -0.1) is 0 Å². The normalized spacial score (nSPS) is 12.6. The minimum atomic E-state index is 0.470. The van der Waals surface area contributed by atoms with Crippen molar-refractivity contribution in [3.8, 4) is 0 Å². The molecule has 0 saturated carbocycles. The summed E-state index contributed by atoms with van der Waals surface area (Å²) in [5.41, 5.74) is 5.41. The van der Waals surface area contributed by atoms with E-state index in [2.05, 4.69) is 15.8 Å². The van der Waals surface area contributed by atoms with Crippen LogP contribution in [0.15, 0.2) is 17.3 Å². The number of hydrogen-bond acceptors (Lipinski definition) is 3. The Morgan fingerprint density at radius 3 is 2.78 bits per heavy atom. The zero-order valence-corrected chi connectivity index (χ0v) is 6.24. The van der Waals surface area contributed by atoms with E-state index in [0.717, 1.165) is 0 Å². The maximum atomic E-state index is 5.50. The summed E-state index contributed by atoms with van der Waals surface area (Å²) in [4.78, 5) is 3.69. The predicted octanol–water partition coefficient (Wildman–Crippen LogP) is 0.491. The molecule has 4 heteroatoms. The van der Waals surface area contributed by atoms with Gasteiger partial charge in [0.05, 0.1) is 0 Å². The van der Waals surface area contributed by atoms with Gasteiger partial charge < -0.3 is 5.43 Å². The van der Waals surface area contributed by atoms with Crippen molar-refractivity contribution in [2.75, 3.05) is 14.1 Å². The van der Waals surface area contributed by atoms with Crippen LogP contribution in [0.2, 0.25) is 0 Å². The third-order valence-corrected chi connectivity index (χ3v) is 0.957. The van der Waals surface area contributed by atoms with Crippen LogP contribution in [0.1, 0.15) is 0 Å². The maximum Gasteiger partial charge on any atom is 0.124 e. The minimum absolute atomic E-state index is 0.470. The second-order valence-corrected chi connectivity index (χ2v) is 1.66. The van der Waals surface area contributed by atoms with Gasteiger partial charge in [0, 0.05) is 20.3 Å². The lowest BCUT2D eigenvalue weighted by Gasteiger charge is -1.91. The molecule has 0 spiro atoms. The van der Waals surface area contributed by atoms with Crippen LogP contribution in [0.25, 0.3) is 0 Å². The smallest absolute Gasteiger partial charge is 0.124 e. The molecule has 0 saturated heterocycles. The van der Waals surface area contributed by atoms with Crippen molar-refractivity contribution >= 4 is 16.8 Å². The third-order valence-electron chi connectivity index (χ3n) is 0.662. The summed E-state index contributed by atoms with van der Waals surface area (Å²) >= 11 is 5.50. The van der Waals surface area contributed by atoms with Crippen LogP contribution in [0, 0.1) is 0 Å². The molecule has 0 radical (unpaired) electrons. The molecule has 0 atom stereocenters. The summed E-state index contributed by atoms with van der Waals surface area (Å²) in [6.45, 7) is 0. The molecule has 0 aromatic carbocycles. The van der Waals surface area contributed by atoms with Crippen LogP contribution in [0.3, 0.4) is 0 Å². The highest BCUT2D eigenvalue weighted by Crippen LogP contribution is 1.83. The lowest BCUT2D eigenvalue weighted by Crippen LogP contribution is -2.20. The Balaban J connectivity index is 3.45. The van der Waals surface area contributed by atoms with Gasteiger partial charge in [-0.1, -0.05) is 11.6 Å². The monoisotopic (exact) mass is 147 g/mol. The molecule has 0 aliphatic rings. The molecule has 2 N–H and O–H groups in total. The van der Waals surface area contributed by atoms with Gasteiger partial charge in [-0.05, 0) is 6.08 Å². The van der Waals surface area contributed by atoms with E-state index < -0.39 is 0 Å². The van der Waals surface area contributed by atoms with E-state index in [1.54, 1.807) is 26.4 Å². The Hall–Kier alpha value is -0.540. The lowest BCUT2D eigenvalue weighted by atomic mass is 10.6. The van der Waals surface area contributed by atoms with Crippen molar-refractivity contribution in [1.82, 2.24) is 10.9 Å². The highest BCUT2D eigenvalue weighted by Gasteiger charge is 1.78. The molecule has 0 aromatic rings. The molecule has 0 unspecified atom stereocenters. The largest absolute Gasteiger partial charge is 0.329 e. The summed E-state index contributed by atoms with van der Waals surface area (Å²) < 4.78 is 0. The topological polar surface area (TPSA) is 36.4 Å². The fraction of sp³-hybridized carbons (Fsp3) is 0.400. The molecule has 0 bridgehead atoms. The number of rotatable bonds is 3. The van der Waals surface area contributed by atoms with E-state index in [9.17, 15) is 0 Å². The van der Waals surface area contributed by atoms with E-state index in [4.69, 9.17) is 11.6 Å². The second kappa shape index (κ2) is 5.59. The first-order valence-electron chi connectivity index (χ1n) is 2.52. The van der Waals surface area contributed by atoms with Crippen molar-refractivity contribution in [1.29, 1.82) is 0 Å². The first kappa shape index (κ1) is 8.46. The zero-order chi connectivity index (χ0) is 7.11. The predicted molar refractivity (Wildman–Crippen MR) is 40.5 cm³/mol. The lowest BCUT2D eigenvalue weighted by molar-refractivity contribution is 0.731. The maximum absolute atomic E-state index is 5.50. The van der Waals surface area contributed by atoms with Gasteiger partial charge in [0.1, 0.15) is 5.17 Å². The summed E-state index contributed by atoms with van der Waals surface area (Å²) in [6, 6.07) is 0. The average Bonchev–Trinajstić information content (AvgIpc) is 1.89. The van der Waals surface area contributed by atoms with Gasteiger partial charge in [0.25, 0.3) is 0 Å². The highest BCUT2D eigenvalue weighted by molar-refractivity contribution is 6.68. The number of nitrogens with zero attached hydrogens (tertiary/aromatic N) is 1. The fourth-order valence-electron chi connectivity index (χ4n) is 0.268. The molecule has 0 heterocycles. The fourth-order valence-corrected chi connectivity index (χ4v) is 0.331. The number of hydrogen-bond donors (Lipinski definition) is 2. The second-order valence-electron chi connectivity index (χ2n) is 1.27. The van der Waals surface area contributed by atoms with Crippen molar-refractivity contribution < 1.29 is 0 Å². The molecule has 0 aromatic heterocycles. The molecule has 3 nitrogen and oxygen atoms in total. The minimum Gasteiger partial charge on any atom is -0.329 e. The molecular formula is C5H10ClN3. The number of aliphatic imine (C=N–C) groups is 1. The molecule has 9 heavy (non-hydrogen) atoms. The quantitative estimate of drug-likeness (QED) is 0.451. The first-order valence-corrected chi connectivity index (χ1v) is 2.90. The van der Waals surface area contributed by atoms with Gasteiger partial charge in [0.15, 0.2) is 0 Å². The number of nitrogens with one attached hydrogen (secondary N) is 2. The van der Waals surface area contributed by atoms with Crippen LogP contribution in [-0.2, 0) is 0 Å². The molecule has 0 fully saturated rings. The van der Waals surface area contributed by atoms with Crippen molar-refractivity contribution in [3.05, 3.63) is 12.3 Å². The van der Waals surface area contributed by atoms with E-state index in [0.29, 0.717) is 5.17 Å². The van der Waals surface area contributed by atoms with Crippen molar-refractivity contribution in [2.45, 2.75) is 0 Å². The number of hydrazine groups is 1.